The quantitative estimate of drug-likeness (QED) is 0.580. The molecule has 172 valence electrons. The summed E-state index contributed by atoms with van der Waals surface area (Å²) >= 11 is 0. The van der Waals surface area contributed by atoms with Crippen LogP contribution in [-0.4, -0.2) is 52.9 Å². The summed E-state index contributed by atoms with van der Waals surface area (Å²) in [6, 6.07) is 17.0. The number of carbonyl (C=O) groups is 3. The number of rotatable bonds is 7. The summed E-state index contributed by atoms with van der Waals surface area (Å²) in [5.74, 6) is -0.161. The number of nitrogens with zero attached hydrogens (tertiary/aromatic N) is 2. The summed E-state index contributed by atoms with van der Waals surface area (Å²) in [5, 5.41) is 6.48. The maximum Gasteiger partial charge on any atom is 0.271 e. The molecule has 1 aliphatic heterocycles. The third-order valence-electron chi connectivity index (χ3n) is 6.18. The number of carbonyl (C=O) groups excluding carboxylic acids is 3. The summed E-state index contributed by atoms with van der Waals surface area (Å²) in [7, 11) is 1.59. The first-order valence-electron chi connectivity index (χ1n) is 11.0. The van der Waals surface area contributed by atoms with Crippen LogP contribution in [0.2, 0.25) is 0 Å². The summed E-state index contributed by atoms with van der Waals surface area (Å²) in [6.07, 6.45) is 0. The number of hydrogen-bond acceptors (Lipinski definition) is 4. The second-order valence-electron chi connectivity index (χ2n) is 8.31. The van der Waals surface area contributed by atoms with E-state index >= 15 is 0 Å². The molecular formula is C25H28N4O4. The maximum atomic E-state index is 13.2. The predicted octanol–water partition coefficient (Wildman–Crippen LogP) is 2.32. The molecule has 0 saturated carbocycles. The molecule has 3 aromatic rings. The molecule has 1 aromatic heterocycles. The van der Waals surface area contributed by atoms with Gasteiger partial charge in [-0.05, 0) is 43.7 Å². The van der Waals surface area contributed by atoms with Gasteiger partial charge in [0.25, 0.3) is 5.91 Å². The standard InChI is InChI=1S/C25H28N4O4/c1-4-29-23(31)21-13-18-9-5-6-11-20(18)28(21)16-25(29,2)24(32)27-15-22(30)26-14-17-8-7-10-19(12-17)33-3/h5-13H,4,14-16H2,1-3H3,(H,26,30)(H,27,32). The molecule has 8 heteroatoms. The Labute approximate surface area is 192 Å². The van der Waals surface area contributed by atoms with E-state index < -0.39 is 5.54 Å². The summed E-state index contributed by atoms with van der Waals surface area (Å²) in [5.41, 5.74) is 1.25. The number of para-hydroxylation sites is 1. The van der Waals surface area contributed by atoms with Crippen molar-refractivity contribution in [2.24, 2.45) is 0 Å². The van der Waals surface area contributed by atoms with Gasteiger partial charge in [-0.3, -0.25) is 14.4 Å². The summed E-state index contributed by atoms with van der Waals surface area (Å²) < 4.78 is 7.09. The molecule has 2 heterocycles. The number of fused-ring (bicyclic) bond motifs is 3. The highest BCUT2D eigenvalue weighted by Gasteiger charge is 2.46. The van der Waals surface area contributed by atoms with Crippen molar-refractivity contribution in [3.05, 3.63) is 65.9 Å². The van der Waals surface area contributed by atoms with Gasteiger partial charge < -0.3 is 24.8 Å². The molecular weight excluding hydrogens is 420 g/mol. The van der Waals surface area contributed by atoms with Crippen LogP contribution < -0.4 is 15.4 Å². The topological polar surface area (TPSA) is 92.7 Å². The van der Waals surface area contributed by atoms with Crippen LogP contribution in [0.4, 0.5) is 0 Å². The van der Waals surface area contributed by atoms with Crippen molar-refractivity contribution in [1.29, 1.82) is 0 Å². The van der Waals surface area contributed by atoms with Crippen LogP contribution in [0.25, 0.3) is 10.9 Å². The SMILES string of the molecule is CCN1C(=O)c2cc3ccccc3n2CC1(C)C(=O)NCC(=O)NCc1cccc(OC)c1. The lowest BCUT2D eigenvalue weighted by molar-refractivity contribution is -0.134. The van der Waals surface area contributed by atoms with Crippen molar-refractivity contribution in [2.45, 2.75) is 32.5 Å². The largest absolute Gasteiger partial charge is 0.497 e. The summed E-state index contributed by atoms with van der Waals surface area (Å²) in [6.45, 7) is 4.43. The van der Waals surface area contributed by atoms with Gasteiger partial charge in [-0.25, -0.2) is 0 Å². The van der Waals surface area contributed by atoms with E-state index in [2.05, 4.69) is 10.6 Å². The third kappa shape index (κ3) is 4.16. The van der Waals surface area contributed by atoms with E-state index in [-0.39, 0.29) is 24.3 Å². The number of hydrogen-bond donors (Lipinski definition) is 2. The van der Waals surface area contributed by atoms with Crippen molar-refractivity contribution in [1.82, 2.24) is 20.1 Å². The maximum absolute atomic E-state index is 13.2. The molecule has 0 saturated heterocycles. The number of ether oxygens (including phenoxy) is 1. The minimum Gasteiger partial charge on any atom is -0.497 e. The fourth-order valence-corrected chi connectivity index (χ4v) is 4.40. The van der Waals surface area contributed by atoms with Gasteiger partial charge in [0.15, 0.2) is 0 Å². The molecule has 0 fully saturated rings. The van der Waals surface area contributed by atoms with Crippen molar-refractivity contribution >= 4 is 28.6 Å². The van der Waals surface area contributed by atoms with Crippen molar-refractivity contribution in [3.8, 4) is 5.75 Å². The van der Waals surface area contributed by atoms with Gasteiger partial charge in [0.2, 0.25) is 11.8 Å². The molecule has 4 rings (SSSR count). The molecule has 3 amide bonds. The monoisotopic (exact) mass is 448 g/mol. The minimum absolute atomic E-state index is 0.177. The average Bonchev–Trinajstić information content (AvgIpc) is 3.20. The molecule has 1 aliphatic rings. The Morgan fingerprint density at radius 2 is 1.88 bits per heavy atom. The Balaban J connectivity index is 1.45. The highest BCUT2D eigenvalue weighted by atomic mass is 16.5. The van der Waals surface area contributed by atoms with Crippen molar-refractivity contribution in [3.63, 3.8) is 0 Å². The minimum atomic E-state index is -1.12. The van der Waals surface area contributed by atoms with Gasteiger partial charge in [-0.15, -0.1) is 0 Å². The Morgan fingerprint density at radius 3 is 2.64 bits per heavy atom. The summed E-state index contributed by atoms with van der Waals surface area (Å²) in [4.78, 5) is 40.4. The normalized spacial score (nSPS) is 17.5. The third-order valence-corrected chi connectivity index (χ3v) is 6.18. The van der Waals surface area contributed by atoms with Gasteiger partial charge in [-0.2, -0.15) is 0 Å². The van der Waals surface area contributed by atoms with Gasteiger partial charge >= 0.3 is 0 Å². The first-order chi connectivity index (χ1) is 15.9. The first kappa shape index (κ1) is 22.4. The van der Waals surface area contributed by atoms with Crippen LogP contribution in [-0.2, 0) is 22.7 Å². The molecule has 1 unspecified atom stereocenters. The number of aromatic nitrogens is 1. The highest BCUT2D eigenvalue weighted by Crippen LogP contribution is 2.32. The number of benzene rings is 2. The molecule has 0 radical (unpaired) electrons. The molecule has 8 nitrogen and oxygen atoms in total. The molecule has 2 aromatic carbocycles. The zero-order valence-corrected chi connectivity index (χ0v) is 19.1. The highest BCUT2D eigenvalue weighted by molar-refractivity contribution is 6.04. The lowest BCUT2D eigenvalue weighted by Crippen LogP contribution is -2.64. The Hall–Kier alpha value is -3.81. The van der Waals surface area contributed by atoms with E-state index in [9.17, 15) is 14.4 Å². The van der Waals surface area contributed by atoms with Gasteiger partial charge in [-0.1, -0.05) is 30.3 Å². The van der Waals surface area contributed by atoms with Gasteiger partial charge in [0, 0.05) is 24.0 Å². The van der Waals surface area contributed by atoms with Crippen LogP contribution in [0.1, 0.15) is 29.9 Å². The molecule has 2 N–H and O–H groups in total. The van der Waals surface area contributed by atoms with E-state index in [0.29, 0.717) is 31.1 Å². The van der Waals surface area contributed by atoms with Gasteiger partial charge in [0.05, 0.1) is 20.2 Å². The zero-order chi connectivity index (χ0) is 23.6. The van der Waals surface area contributed by atoms with Crippen molar-refractivity contribution < 1.29 is 19.1 Å². The predicted molar refractivity (Wildman–Crippen MR) is 125 cm³/mol. The molecule has 0 aliphatic carbocycles. The van der Waals surface area contributed by atoms with E-state index in [0.717, 1.165) is 16.5 Å². The van der Waals surface area contributed by atoms with Crippen molar-refractivity contribution in [2.75, 3.05) is 20.2 Å². The fourth-order valence-electron chi connectivity index (χ4n) is 4.40. The second kappa shape index (κ2) is 8.97. The smallest absolute Gasteiger partial charge is 0.271 e. The van der Waals surface area contributed by atoms with Crippen LogP contribution in [0.15, 0.2) is 54.6 Å². The van der Waals surface area contributed by atoms with Crippen LogP contribution in [0.3, 0.4) is 0 Å². The lowest BCUT2D eigenvalue weighted by Gasteiger charge is -2.43. The molecule has 1 atom stereocenters. The number of likely N-dealkylation sites (N-methyl/N-ethyl adjacent to an activating group) is 1. The van der Waals surface area contributed by atoms with Crippen LogP contribution in [0, 0.1) is 0 Å². The average molecular weight is 449 g/mol. The van der Waals surface area contributed by atoms with E-state index in [1.165, 1.54) is 0 Å². The Bertz CT molecular complexity index is 1220. The number of nitrogens with one attached hydrogen (secondary N) is 2. The Morgan fingerprint density at radius 1 is 1.09 bits per heavy atom. The molecule has 0 bridgehead atoms. The molecule has 0 spiro atoms. The molecule has 33 heavy (non-hydrogen) atoms. The zero-order valence-electron chi connectivity index (χ0n) is 19.1. The van der Waals surface area contributed by atoms with Gasteiger partial charge in [0.1, 0.15) is 17.0 Å². The fraction of sp³-hybridized carbons (Fsp3) is 0.320. The van der Waals surface area contributed by atoms with E-state index in [1.807, 2.05) is 66.1 Å². The van der Waals surface area contributed by atoms with Crippen LogP contribution in [0.5, 0.6) is 5.75 Å². The van der Waals surface area contributed by atoms with Crippen LogP contribution >= 0.6 is 0 Å². The lowest BCUT2D eigenvalue weighted by atomic mass is 9.95. The van der Waals surface area contributed by atoms with E-state index in [4.69, 9.17) is 4.74 Å². The second-order valence-corrected chi connectivity index (χ2v) is 8.31. The number of amides is 3. The number of methoxy groups -OCH3 is 1. The Kier molecular flexibility index (Phi) is 6.09. The van der Waals surface area contributed by atoms with E-state index in [1.54, 1.807) is 18.9 Å². The first-order valence-corrected chi connectivity index (χ1v) is 11.0.